The minimum atomic E-state index is -3.56. The third kappa shape index (κ3) is 2.77. The Morgan fingerprint density at radius 2 is 2.10 bits per heavy atom. The molecule has 0 atom stereocenters. The summed E-state index contributed by atoms with van der Waals surface area (Å²) in [6.07, 6.45) is 2.13. The molecule has 1 aromatic carbocycles. The van der Waals surface area contributed by atoms with Crippen LogP contribution in [0.2, 0.25) is 4.34 Å². The van der Waals surface area contributed by atoms with Gasteiger partial charge >= 0.3 is 0 Å². The van der Waals surface area contributed by atoms with Crippen LogP contribution < -0.4 is 10.0 Å². The molecule has 106 valence electrons. The van der Waals surface area contributed by atoms with Gasteiger partial charge in [0.25, 0.3) is 10.0 Å². The molecule has 0 spiro atoms. The summed E-state index contributed by atoms with van der Waals surface area (Å²) in [6, 6.07) is 8.67. The maximum Gasteiger partial charge on any atom is 0.271 e. The quantitative estimate of drug-likeness (QED) is 0.905. The normalized spacial score (nSPS) is 14.4. The molecule has 4 nitrogen and oxygen atoms in total. The van der Waals surface area contributed by atoms with E-state index in [4.69, 9.17) is 11.6 Å². The van der Waals surface area contributed by atoms with E-state index in [0.29, 0.717) is 10.0 Å². The van der Waals surface area contributed by atoms with E-state index in [1.807, 2.05) is 12.1 Å². The Labute approximate surface area is 126 Å². The van der Waals surface area contributed by atoms with Gasteiger partial charge in [0.05, 0.1) is 10.0 Å². The third-order valence-electron chi connectivity index (χ3n) is 3.11. The molecule has 20 heavy (non-hydrogen) atoms. The van der Waals surface area contributed by atoms with Crippen LogP contribution in [0.1, 0.15) is 12.0 Å². The summed E-state index contributed by atoms with van der Waals surface area (Å²) in [5, 5.41) is 3.28. The molecule has 2 N–H and O–H groups in total. The number of aryl methyl sites for hydroxylation is 1. The zero-order valence-electron chi connectivity index (χ0n) is 10.5. The SMILES string of the molecule is O=S(=O)(Nc1ccc2c(c1)NCCC2)c1ccc(Cl)s1. The van der Waals surface area contributed by atoms with Crippen LogP contribution in [-0.2, 0) is 16.4 Å². The van der Waals surface area contributed by atoms with Gasteiger partial charge in [-0.3, -0.25) is 4.72 Å². The van der Waals surface area contributed by atoms with E-state index in [9.17, 15) is 8.42 Å². The molecule has 0 saturated carbocycles. The molecular weight excluding hydrogens is 316 g/mol. The Morgan fingerprint density at radius 3 is 2.85 bits per heavy atom. The van der Waals surface area contributed by atoms with Crippen molar-refractivity contribution in [3.63, 3.8) is 0 Å². The van der Waals surface area contributed by atoms with Gasteiger partial charge in [0.1, 0.15) is 4.21 Å². The van der Waals surface area contributed by atoms with Crippen LogP contribution in [0.4, 0.5) is 11.4 Å². The second-order valence-corrected chi connectivity index (χ2v) is 8.19. The van der Waals surface area contributed by atoms with Crippen molar-refractivity contribution in [3.8, 4) is 0 Å². The summed E-state index contributed by atoms with van der Waals surface area (Å²) in [6.45, 7) is 0.920. The predicted molar refractivity (Wildman–Crippen MR) is 83.4 cm³/mol. The fraction of sp³-hybridized carbons (Fsp3) is 0.231. The van der Waals surface area contributed by atoms with E-state index in [-0.39, 0.29) is 4.21 Å². The molecule has 0 fully saturated rings. The molecule has 0 bridgehead atoms. The van der Waals surface area contributed by atoms with E-state index in [0.717, 1.165) is 36.4 Å². The highest BCUT2D eigenvalue weighted by molar-refractivity contribution is 7.94. The van der Waals surface area contributed by atoms with Crippen molar-refractivity contribution in [2.24, 2.45) is 0 Å². The molecule has 1 aliphatic heterocycles. The summed E-state index contributed by atoms with van der Waals surface area (Å²) < 4.78 is 27.7. The summed E-state index contributed by atoms with van der Waals surface area (Å²) in [5.74, 6) is 0. The second-order valence-electron chi connectivity index (χ2n) is 4.57. The lowest BCUT2D eigenvalue weighted by atomic mass is 10.0. The van der Waals surface area contributed by atoms with E-state index >= 15 is 0 Å². The Bertz CT molecular complexity index is 741. The smallest absolute Gasteiger partial charge is 0.271 e. The van der Waals surface area contributed by atoms with Gasteiger partial charge in [-0.1, -0.05) is 17.7 Å². The fourth-order valence-corrected chi connectivity index (χ4v) is 4.70. The monoisotopic (exact) mass is 328 g/mol. The molecule has 0 saturated heterocycles. The van der Waals surface area contributed by atoms with Gasteiger partial charge in [0.15, 0.2) is 0 Å². The van der Waals surface area contributed by atoms with Gasteiger partial charge < -0.3 is 5.32 Å². The first-order valence-corrected chi connectivity index (χ1v) is 8.87. The van der Waals surface area contributed by atoms with Gasteiger partial charge in [0.2, 0.25) is 0 Å². The molecule has 0 unspecified atom stereocenters. The molecule has 0 aliphatic carbocycles. The van der Waals surface area contributed by atoms with Crippen molar-refractivity contribution in [1.29, 1.82) is 0 Å². The van der Waals surface area contributed by atoms with Gasteiger partial charge in [-0.05, 0) is 42.7 Å². The first-order valence-electron chi connectivity index (χ1n) is 6.19. The number of halogens is 1. The van der Waals surface area contributed by atoms with Gasteiger partial charge in [0, 0.05) is 12.2 Å². The Kier molecular flexibility index (Phi) is 3.62. The van der Waals surface area contributed by atoms with Crippen LogP contribution in [-0.4, -0.2) is 15.0 Å². The zero-order chi connectivity index (χ0) is 14.2. The summed E-state index contributed by atoms with van der Waals surface area (Å²) in [4.78, 5) is 0. The van der Waals surface area contributed by atoms with Crippen molar-refractivity contribution in [2.45, 2.75) is 17.1 Å². The minimum absolute atomic E-state index is 0.216. The van der Waals surface area contributed by atoms with Gasteiger partial charge in [-0.25, -0.2) is 8.42 Å². The van der Waals surface area contributed by atoms with E-state index in [1.165, 1.54) is 11.6 Å². The number of thiophene rings is 1. The fourth-order valence-electron chi connectivity index (χ4n) is 2.17. The van der Waals surface area contributed by atoms with Crippen LogP contribution in [0, 0.1) is 0 Å². The lowest BCUT2D eigenvalue weighted by molar-refractivity contribution is 0.603. The van der Waals surface area contributed by atoms with Crippen molar-refractivity contribution < 1.29 is 8.42 Å². The first-order chi connectivity index (χ1) is 9.54. The van der Waals surface area contributed by atoms with Crippen LogP contribution >= 0.6 is 22.9 Å². The average Bonchev–Trinajstić information content (AvgIpc) is 2.86. The molecule has 2 aromatic rings. The number of fused-ring (bicyclic) bond motifs is 1. The molecule has 7 heteroatoms. The average molecular weight is 329 g/mol. The molecular formula is C13H13ClN2O2S2. The van der Waals surface area contributed by atoms with E-state index in [2.05, 4.69) is 10.0 Å². The molecule has 1 aliphatic rings. The van der Waals surface area contributed by atoms with Crippen LogP contribution in [0.3, 0.4) is 0 Å². The second kappa shape index (κ2) is 5.27. The summed E-state index contributed by atoms with van der Waals surface area (Å²) >= 11 is 6.82. The largest absolute Gasteiger partial charge is 0.385 e. The Hall–Kier alpha value is -1.24. The number of nitrogens with one attached hydrogen (secondary N) is 2. The highest BCUT2D eigenvalue weighted by Gasteiger charge is 2.17. The standard InChI is InChI=1S/C13H13ClN2O2S2/c14-12-5-6-13(19-12)20(17,18)16-10-4-3-9-2-1-7-15-11(9)8-10/h3-6,8,15-16H,1-2,7H2. The highest BCUT2D eigenvalue weighted by atomic mass is 35.5. The lowest BCUT2D eigenvalue weighted by Crippen LogP contribution is -2.14. The summed E-state index contributed by atoms with van der Waals surface area (Å²) in [7, 11) is -3.56. The molecule has 1 aromatic heterocycles. The number of benzene rings is 1. The molecule has 0 amide bonds. The highest BCUT2D eigenvalue weighted by Crippen LogP contribution is 2.29. The third-order valence-corrected chi connectivity index (χ3v) is 6.22. The van der Waals surface area contributed by atoms with Gasteiger partial charge in [-0.15, -0.1) is 11.3 Å². The van der Waals surface area contributed by atoms with Crippen molar-refractivity contribution in [3.05, 3.63) is 40.2 Å². The maximum atomic E-state index is 12.2. The number of hydrogen-bond acceptors (Lipinski definition) is 4. The van der Waals surface area contributed by atoms with Crippen molar-refractivity contribution in [1.82, 2.24) is 0 Å². The minimum Gasteiger partial charge on any atom is -0.385 e. The topological polar surface area (TPSA) is 58.2 Å². The van der Waals surface area contributed by atoms with Gasteiger partial charge in [-0.2, -0.15) is 0 Å². The van der Waals surface area contributed by atoms with E-state index < -0.39 is 10.0 Å². The number of rotatable bonds is 3. The molecule has 2 heterocycles. The predicted octanol–water partition coefficient (Wildman–Crippen LogP) is 3.56. The number of sulfonamides is 1. The summed E-state index contributed by atoms with van der Waals surface area (Å²) in [5.41, 5.74) is 2.78. The van der Waals surface area contributed by atoms with Crippen molar-refractivity contribution in [2.75, 3.05) is 16.6 Å². The van der Waals surface area contributed by atoms with E-state index in [1.54, 1.807) is 12.1 Å². The zero-order valence-corrected chi connectivity index (χ0v) is 12.9. The van der Waals surface area contributed by atoms with Crippen molar-refractivity contribution >= 4 is 44.3 Å². The molecule has 3 rings (SSSR count). The van der Waals surface area contributed by atoms with Crippen LogP contribution in [0.5, 0.6) is 0 Å². The maximum absolute atomic E-state index is 12.2. The number of anilines is 2. The first kappa shape index (κ1) is 13.7. The molecule has 0 radical (unpaired) electrons. The number of hydrogen-bond donors (Lipinski definition) is 2. The van der Waals surface area contributed by atoms with Crippen LogP contribution in [0.15, 0.2) is 34.5 Å². The lowest BCUT2D eigenvalue weighted by Gasteiger charge is -2.19. The Morgan fingerprint density at radius 1 is 1.25 bits per heavy atom. The van der Waals surface area contributed by atoms with Crippen LogP contribution in [0.25, 0.3) is 0 Å². The Balaban J connectivity index is 1.87.